The zero-order chi connectivity index (χ0) is 18.9. The van der Waals surface area contributed by atoms with E-state index in [9.17, 15) is 0 Å². The quantitative estimate of drug-likeness (QED) is 0.401. The summed E-state index contributed by atoms with van der Waals surface area (Å²) in [5.74, 6) is 1.41. The van der Waals surface area contributed by atoms with Crippen LogP contribution >= 0.6 is 11.6 Å². The van der Waals surface area contributed by atoms with E-state index in [0.29, 0.717) is 10.8 Å². The maximum Gasteiger partial charge on any atom is 0.162 e. The number of benzene rings is 3. The Labute approximate surface area is 166 Å². The Hall–Kier alpha value is -3.50. The topological polar surface area (TPSA) is 50.7 Å². The van der Waals surface area contributed by atoms with E-state index in [4.69, 9.17) is 21.6 Å². The SMILES string of the molecule is Clc1ccc(-c2nc(Nc3cccc4ncccc34)c3ccccc3n2)cc1. The second-order valence-corrected chi connectivity index (χ2v) is 6.86. The van der Waals surface area contributed by atoms with E-state index >= 15 is 0 Å². The Bertz CT molecular complexity index is 1290. The first-order valence-electron chi connectivity index (χ1n) is 8.91. The highest BCUT2D eigenvalue weighted by Crippen LogP contribution is 2.30. The van der Waals surface area contributed by atoms with Gasteiger partial charge >= 0.3 is 0 Å². The molecule has 28 heavy (non-hydrogen) atoms. The molecule has 134 valence electrons. The fourth-order valence-electron chi connectivity index (χ4n) is 3.24. The van der Waals surface area contributed by atoms with E-state index in [1.807, 2.05) is 78.9 Å². The lowest BCUT2D eigenvalue weighted by Crippen LogP contribution is -2.00. The predicted molar refractivity (Wildman–Crippen MR) is 115 cm³/mol. The summed E-state index contributed by atoms with van der Waals surface area (Å²) in [6.07, 6.45) is 1.80. The fraction of sp³-hybridized carbons (Fsp3) is 0. The number of para-hydroxylation sites is 1. The third kappa shape index (κ3) is 3.04. The van der Waals surface area contributed by atoms with Crippen LogP contribution in [0.5, 0.6) is 0 Å². The lowest BCUT2D eigenvalue weighted by molar-refractivity contribution is 1.22. The van der Waals surface area contributed by atoms with Gasteiger partial charge in [-0.1, -0.05) is 29.8 Å². The second-order valence-electron chi connectivity index (χ2n) is 6.42. The van der Waals surface area contributed by atoms with Crippen molar-refractivity contribution in [1.82, 2.24) is 15.0 Å². The molecule has 0 amide bonds. The largest absolute Gasteiger partial charge is 0.339 e. The van der Waals surface area contributed by atoms with E-state index in [-0.39, 0.29) is 0 Å². The number of nitrogens with one attached hydrogen (secondary N) is 1. The molecule has 0 saturated carbocycles. The number of aromatic nitrogens is 3. The van der Waals surface area contributed by atoms with Crippen molar-refractivity contribution in [3.8, 4) is 11.4 Å². The Morgan fingerprint density at radius 1 is 0.679 bits per heavy atom. The molecule has 0 bridgehead atoms. The molecule has 2 heterocycles. The minimum absolute atomic E-state index is 0.649. The van der Waals surface area contributed by atoms with Crippen LogP contribution in [0.1, 0.15) is 0 Å². The molecule has 5 heteroatoms. The van der Waals surface area contributed by atoms with Crippen molar-refractivity contribution in [3.63, 3.8) is 0 Å². The number of halogens is 1. The molecule has 4 nitrogen and oxygen atoms in total. The van der Waals surface area contributed by atoms with Gasteiger partial charge in [-0.25, -0.2) is 9.97 Å². The van der Waals surface area contributed by atoms with Gasteiger partial charge in [0.25, 0.3) is 0 Å². The van der Waals surface area contributed by atoms with Crippen LogP contribution in [0.15, 0.2) is 85.1 Å². The van der Waals surface area contributed by atoms with Gasteiger partial charge in [0.2, 0.25) is 0 Å². The van der Waals surface area contributed by atoms with Gasteiger partial charge in [0.15, 0.2) is 5.82 Å². The van der Waals surface area contributed by atoms with Crippen LogP contribution in [0.25, 0.3) is 33.2 Å². The standard InChI is InChI=1S/C23H15ClN4/c24-16-12-10-15(11-13-16)22-26-21-7-2-1-5-18(21)23(28-22)27-20-9-3-8-19-17(20)6-4-14-25-19/h1-14H,(H,26,27,28). The van der Waals surface area contributed by atoms with Crippen molar-refractivity contribution in [2.75, 3.05) is 5.32 Å². The molecule has 0 unspecified atom stereocenters. The molecule has 0 aliphatic carbocycles. The summed E-state index contributed by atoms with van der Waals surface area (Å²) in [5.41, 5.74) is 3.68. The maximum absolute atomic E-state index is 6.03. The molecular formula is C23H15ClN4. The van der Waals surface area contributed by atoms with Gasteiger partial charge in [0.1, 0.15) is 5.82 Å². The first-order chi connectivity index (χ1) is 13.8. The third-order valence-corrected chi connectivity index (χ3v) is 4.86. The van der Waals surface area contributed by atoms with E-state index < -0.39 is 0 Å². The van der Waals surface area contributed by atoms with Crippen LogP contribution in [0.3, 0.4) is 0 Å². The van der Waals surface area contributed by atoms with Gasteiger partial charge in [0, 0.05) is 33.2 Å². The molecule has 0 radical (unpaired) electrons. The van der Waals surface area contributed by atoms with Crippen LogP contribution in [0.2, 0.25) is 5.02 Å². The van der Waals surface area contributed by atoms with Gasteiger partial charge in [0.05, 0.1) is 11.0 Å². The van der Waals surface area contributed by atoms with Crippen molar-refractivity contribution in [2.45, 2.75) is 0 Å². The maximum atomic E-state index is 6.03. The number of hydrogen-bond acceptors (Lipinski definition) is 4. The first kappa shape index (κ1) is 16.7. The molecule has 5 aromatic rings. The molecule has 0 spiro atoms. The molecule has 3 aromatic carbocycles. The normalized spacial score (nSPS) is 11.0. The zero-order valence-corrected chi connectivity index (χ0v) is 15.6. The molecule has 0 atom stereocenters. The molecule has 1 N–H and O–H groups in total. The number of nitrogens with zero attached hydrogens (tertiary/aromatic N) is 3. The Kier molecular flexibility index (Phi) is 4.11. The van der Waals surface area contributed by atoms with Crippen molar-refractivity contribution in [3.05, 3.63) is 90.1 Å². The minimum atomic E-state index is 0.649. The Balaban J connectivity index is 1.68. The second kappa shape index (κ2) is 6.91. The number of hydrogen-bond donors (Lipinski definition) is 1. The molecule has 5 rings (SSSR count). The van der Waals surface area contributed by atoms with Gasteiger partial charge in [-0.3, -0.25) is 4.98 Å². The van der Waals surface area contributed by atoms with Crippen LogP contribution in [0.4, 0.5) is 11.5 Å². The monoisotopic (exact) mass is 382 g/mol. The number of pyridine rings is 1. The zero-order valence-electron chi connectivity index (χ0n) is 14.8. The number of anilines is 2. The van der Waals surface area contributed by atoms with Crippen molar-refractivity contribution in [1.29, 1.82) is 0 Å². The summed E-state index contributed by atoms with van der Waals surface area (Å²) >= 11 is 6.03. The van der Waals surface area contributed by atoms with Gasteiger partial charge < -0.3 is 5.32 Å². The molecule has 0 aliphatic heterocycles. The Morgan fingerprint density at radius 2 is 1.46 bits per heavy atom. The van der Waals surface area contributed by atoms with E-state index in [0.717, 1.165) is 38.9 Å². The highest BCUT2D eigenvalue weighted by Gasteiger charge is 2.11. The lowest BCUT2D eigenvalue weighted by Gasteiger charge is -2.13. The Morgan fingerprint density at radius 3 is 2.36 bits per heavy atom. The predicted octanol–water partition coefficient (Wildman–Crippen LogP) is 6.24. The van der Waals surface area contributed by atoms with Crippen molar-refractivity contribution in [2.24, 2.45) is 0 Å². The summed E-state index contributed by atoms with van der Waals surface area (Å²) in [7, 11) is 0. The van der Waals surface area contributed by atoms with Crippen LogP contribution in [0, 0.1) is 0 Å². The van der Waals surface area contributed by atoms with Gasteiger partial charge in [-0.2, -0.15) is 0 Å². The minimum Gasteiger partial charge on any atom is -0.339 e. The summed E-state index contributed by atoms with van der Waals surface area (Å²) in [6.45, 7) is 0. The van der Waals surface area contributed by atoms with E-state index in [1.165, 1.54) is 0 Å². The average molecular weight is 383 g/mol. The fourth-order valence-corrected chi connectivity index (χ4v) is 3.37. The summed E-state index contributed by atoms with van der Waals surface area (Å²) in [6, 6.07) is 25.5. The lowest BCUT2D eigenvalue weighted by atomic mass is 10.1. The van der Waals surface area contributed by atoms with Crippen molar-refractivity contribution >= 4 is 44.9 Å². The smallest absolute Gasteiger partial charge is 0.162 e. The summed E-state index contributed by atoms with van der Waals surface area (Å²) in [4.78, 5) is 14.0. The van der Waals surface area contributed by atoms with Crippen molar-refractivity contribution < 1.29 is 0 Å². The molecule has 0 saturated heterocycles. The van der Waals surface area contributed by atoms with E-state index in [2.05, 4.69) is 10.3 Å². The van der Waals surface area contributed by atoms with Gasteiger partial charge in [-0.05, 0) is 60.7 Å². The van der Waals surface area contributed by atoms with Crippen LogP contribution in [-0.2, 0) is 0 Å². The summed E-state index contributed by atoms with van der Waals surface area (Å²) in [5, 5.41) is 6.18. The molecular weight excluding hydrogens is 368 g/mol. The van der Waals surface area contributed by atoms with Crippen LogP contribution < -0.4 is 5.32 Å². The molecule has 0 fully saturated rings. The molecule has 2 aromatic heterocycles. The molecule has 0 aliphatic rings. The van der Waals surface area contributed by atoms with Crippen LogP contribution in [-0.4, -0.2) is 15.0 Å². The highest BCUT2D eigenvalue weighted by molar-refractivity contribution is 6.30. The first-order valence-corrected chi connectivity index (χ1v) is 9.29. The van der Waals surface area contributed by atoms with Gasteiger partial charge in [-0.15, -0.1) is 0 Å². The van der Waals surface area contributed by atoms with E-state index in [1.54, 1.807) is 6.20 Å². The third-order valence-electron chi connectivity index (χ3n) is 4.60. The average Bonchev–Trinajstić information content (AvgIpc) is 2.74. The summed E-state index contributed by atoms with van der Waals surface area (Å²) < 4.78 is 0. The highest BCUT2D eigenvalue weighted by atomic mass is 35.5. The number of rotatable bonds is 3. The number of fused-ring (bicyclic) bond motifs is 2.